The van der Waals surface area contributed by atoms with E-state index in [4.69, 9.17) is 0 Å². The van der Waals surface area contributed by atoms with Crippen LogP contribution < -0.4 is 15.4 Å². The summed E-state index contributed by atoms with van der Waals surface area (Å²) in [4.78, 5) is 4.65. The monoisotopic (exact) mass is 569 g/mol. The van der Waals surface area contributed by atoms with E-state index in [-0.39, 0.29) is 29.7 Å². The molecule has 174 valence electrons. The first kappa shape index (κ1) is 26.1. The van der Waals surface area contributed by atoms with Gasteiger partial charge < -0.3 is 15.2 Å². The van der Waals surface area contributed by atoms with Gasteiger partial charge in [-0.15, -0.1) is 24.0 Å². The minimum atomic E-state index is -3.26. The van der Waals surface area contributed by atoms with E-state index in [9.17, 15) is 8.42 Å². The van der Waals surface area contributed by atoms with Gasteiger partial charge in [0.05, 0.1) is 12.3 Å². The van der Waals surface area contributed by atoms with Gasteiger partial charge in [-0.05, 0) is 49.0 Å². The minimum absolute atomic E-state index is 0. The molecule has 0 saturated carbocycles. The zero-order chi connectivity index (χ0) is 22.1. The topological polar surface area (TPSA) is 87.5 Å². The predicted octanol–water partition coefficient (Wildman–Crippen LogP) is 3.45. The number of aromatic nitrogens is 1. The molecule has 0 aliphatic heterocycles. The molecule has 7 nitrogen and oxygen atoms in total. The van der Waals surface area contributed by atoms with Gasteiger partial charge in [-0.2, -0.15) is 0 Å². The Bertz CT molecular complexity index is 1110. The molecule has 0 spiro atoms. The average Bonchev–Trinajstić information content (AvgIpc) is 3.19. The highest BCUT2D eigenvalue weighted by molar-refractivity contribution is 14.0. The van der Waals surface area contributed by atoms with Crippen LogP contribution in [0.3, 0.4) is 0 Å². The van der Waals surface area contributed by atoms with Crippen LogP contribution in [0.4, 0.5) is 0 Å². The number of fused-ring (bicyclic) bond motifs is 1. The van der Waals surface area contributed by atoms with Crippen molar-refractivity contribution >= 4 is 50.9 Å². The molecular formula is C23H32IN5O2S. The van der Waals surface area contributed by atoms with Crippen LogP contribution in [0.5, 0.6) is 0 Å². The summed E-state index contributed by atoms with van der Waals surface area (Å²) in [6, 6.07) is 18.1. The lowest BCUT2D eigenvalue weighted by molar-refractivity contribution is 0.587. The molecule has 0 aliphatic carbocycles. The minimum Gasteiger partial charge on any atom is -0.357 e. The number of aryl methyl sites for hydroxylation is 1. The van der Waals surface area contributed by atoms with Gasteiger partial charge >= 0.3 is 0 Å². The van der Waals surface area contributed by atoms with Gasteiger partial charge in [-0.3, -0.25) is 0 Å². The number of rotatable bonds is 10. The Morgan fingerprint density at radius 1 is 1.00 bits per heavy atom. The molecule has 9 heteroatoms. The second-order valence-electron chi connectivity index (χ2n) is 7.32. The number of halogens is 1. The first-order valence-electron chi connectivity index (χ1n) is 10.6. The first-order chi connectivity index (χ1) is 15.0. The van der Waals surface area contributed by atoms with Gasteiger partial charge in [-0.1, -0.05) is 42.5 Å². The fourth-order valence-electron chi connectivity index (χ4n) is 3.34. The highest BCUT2D eigenvalue weighted by Gasteiger charge is 2.08. The molecule has 0 unspecified atom stereocenters. The Morgan fingerprint density at radius 3 is 2.44 bits per heavy atom. The number of nitrogens with one attached hydrogen (secondary N) is 3. The van der Waals surface area contributed by atoms with Crippen LogP contribution in [0.15, 0.2) is 65.8 Å². The maximum absolute atomic E-state index is 11.7. The summed E-state index contributed by atoms with van der Waals surface area (Å²) in [5, 5.41) is 7.92. The molecule has 0 saturated heterocycles. The lowest BCUT2D eigenvalue weighted by Crippen LogP contribution is -2.38. The van der Waals surface area contributed by atoms with E-state index in [1.807, 2.05) is 31.2 Å². The van der Waals surface area contributed by atoms with Crippen molar-refractivity contribution in [3.05, 3.63) is 71.9 Å². The third-order valence-corrected chi connectivity index (χ3v) is 6.34. The lowest BCUT2D eigenvalue weighted by Gasteiger charge is -2.12. The first-order valence-corrected chi connectivity index (χ1v) is 12.2. The molecule has 2 aromatic carbocycles. The number of nitrogens with zero attached hydrogens (tertiary/aromatic N) is 2. The second kappa shape index (κ2) is 12.8. The summed E-state index contributed by atoms with van der Waals surface area (Å²) in [6.45, 7) is 5.11. The van der Waals surface area contributed by atoms with Crippen LogP contribution in [0.1, 0.15) is 24.5 Å². The van der Waals surface area contributed by atoms with Crippen molar-refractivity contribution in [2.45, 2.75) is 32.2 Å². The van der Waals surface area contributed by atoms with Gasteiger partial charge in [-0.25, -0.2) is 18.1 Å². The van der Waals surface area contributed by atoms with Crippen molar-refractivity contribution < 1.29 is 8.42 Å². The Morgan fingerprint density at radius 2 is 1.72 bits per heavy atom. The molecule has 0 amide bonds. The quantitative estimate of drug-likeness (QED) is 0.151. The SMILES string of the molecule is CCNC(=NCc1ccc(CS(=O)(=O)NC)cc1)NCCCn1ccc2ccccc21.I. The molecule has 0 radical (unpaired) electrons. The number of para-hydroxylation sites is 1. The Labute approximate surface area is 207 Å². The second-order valence-corrected chi connectivity index (χ2v) is 9.25. The third-order valence-electron chi connectivity index (χ3n) is 5.00. The van der Waals surface area contributed by atoms with E-state index < -0.39 is 10.0 Å². The summed E-state index contributed by atoms with van der Waals surface area (Å²) in [5.74, 6) is 0.759. The van der Waals surface area contributed by atoms with Crippen LogP contribution in [-0.4, -0.2) is 39.1 Å². The summed E-state index contributed by atoms with van der Waals surface area (Å²) >= 11 is 0. The fraction of sp³-hybridized carbons (Fsp3) is 0.348. The predicted molar refractivity (Wildman–Crippen MR) is 143 cm³/mol. The van der Waals surface area contributed by atoms with Crippen molar-refractivity contribution in [3.8, 4) is 0 Å². The van der Waals surface area contributed by atoms with Crippen LogP contribution in [0.25, 0.3) is 10.9 Å². The molecule has 1 heterocycles. The summed E-state index contributed by atoms with van der Waals surface area (Å²) in [7, 11) is -1.83. The summed E-state index contributed by atoms with van der Waals surface area (Å²) in [6.07, 6.45) is 3.12. The number of hydrogen-bond acceptors (Lipinski definition) is 3. The normalized spacial score (nSPS) is 11.9. The van der Waals surface area contributed by atoms with Gasteiger partial charge in [0.2, 0.25) is 10.0 Å². The van der Waals surface area contributed by atoms with Gasteiger partial charge in [0.25, 0.3) is 0 Å². The van der Waals surface area contributed by atoms with Crippen molar-refractivity contribution in [1.29, 1.82) is 0 Å². The molecule has 1 aromatic heterocycles. The number of hydrogen-bond donors (Lipinski definition) is 3. The zero-order valence-corrected chi connectivity index (χ0v) is 21.7. The van der Waals surface area contributed by atoms with E-state index in [1.165, 1.54) is 18.0 Å². The van der Waals surface area contributed by atoms with Gasteiger partial charge in [0.15, 0.2) is 5.96 Å². The molecule has 3 aromatic rings. The molecule has 0 aliphatic rings. The largest absolute Gasteiger partial charge is 0.357 e. The number of aliphatic imine (C=N–C) groups is 1. The van der Waals surface area contributed by atoms with Crippen molar-refractivity contribution in [2.75, 3.05) is 20.1 Å². The Hall–Kier alpha value is -2.11. The summed E-state index contributed by atoms with van der Waals surface area (Å²) in [5.41, 5.74) is 3.04. The molecule has 0 bridgehead atoms. The average molecular weight is 570 g/mol. The smallest absolute Gasteiger partial charge is 0.215 e. The fourth-order valence-corrected chi connectivity index (χ4v) is 4.11. The molecule has 3 N–H and O–H groups in total. The van der Waals surface area contributed by atoms with Crippen LogP contribution in [-0.2, 0) is 28.9 Å². The van der Waals surface area contributed by atoms with Crippen molar-refractivity contribution in [2.24, 2.45) is 4.99 Å². The van der Waals surface area contributed by atoms with Crippen LogP contribution >= 0.6 is 24.0 Å². The van der Waals surface area contributed by atoms with Crippen molar-refractivity contribution in [1.82, 2.24) is 19.9 Å². The van der Waals surface area contributed by atoms with E-state index >= 15 is 0 Å². The number of sulfonamides is 1. The lowest BCUT2D eigenvalue weighted by atomic mass is 10.1. The molecule has 0 fully saturated rings. The van der Waals surface area contributed by atoms with Gasteiger partial charge in [0, 0.05) is 31.3 Å². The van der Waals surface area contributed by atoms with Crippen LogP contribution in [0.2, 0.25) is 0 Å². The van der Waals surface area contributed by atoms with E-state index in [2.05, 4.69) is 61.4 Å². The van der Waals surface area contributed by atoms with Crippen LogP contribution in [0, 0.1) is 0 Å². The number of guanidine groups is 1. The molecule has 0 atom stereocenters. The highest BCUT2D eigenvalue weighted by Crippen LogP contribution is 2.15. The van der Waals surface area contributed by atoms with E-state index in [0.29, 0.717) is 6.54 Å². The summed E-state index contributed by atoms with van der Waals surface area (Å²) < 4.78 is 27.9. The Balaban J connectivity index is 0.00000363. The maximum Gasteiger partial charge on any atom is 0.215 e. The molecular weight excluding hydrogens is 537 g/mol. The van der Waals surface area contributed by atoms with E-state index in [1.54, 1.807) is 0 Å². The molecule has 3 rings (SSSR count). The molecule has 32 heavy (non-hydrogen) atoms. The van der Waals surface area contributed by atoms with Crippen molar-refractivity contribution in [3.63, 3.8) is 0 Å². The zero-order valence-electron chi connectivity index (χ0n) is 18.5. The standard InChI is InChI=1S/C23H31N5O2S.HI/c1-3-25-23(26-14-6-15-28-16-13-21-7-4-5-8-22(21)28)27-17-19-9-11-20(12-10-19)18-31(29,30)24-2;/h4-5,7-13,16,24H,3,6,14-15,17-18H2,1-2H3,(H2,25,26,27);1H. The van der Waals surface area contributed by atoms with Gasteiger partial charge in [0.1, 0.15) is 0 Å². The van der Waals surface area contributed by atoms with E-state index in [0.717, 1.165) is 43.1 Å². The maximum atomic E-state index is 11.7. The Kier molecular flexibility index (Phi) is 10.5. The number of benzene rings is 2. The highest BCUT2D eigenvalue weighted by atomic mass is 127. The third kappa shape index (κ3) is 7.79.